The average molecular weight is 481 g/mol. The normalized spacial score (nSPS) is 10.6. The first-order valence-corrected chi connectivity index (χ1v) is 11.7. The molecule has 0 radical (unpaired) electrons. The van der Waals surface area contributed by atoms with Crippen molar-refractivity contribution >= 4 is 40.1 Å². The number of aromatic nitrogens is 1. The predicted octanol–water partition coefficient (Wildman–Crippen LogP) is 4.46. The fourth-order valence-corrected chi connectivity index (χ4v) is 4.50. The highest BCUT2D eigenvalue weighted by Crippen LogP contribution is 2.26. The van der Waals surface area contributed by atoms with Crippen molar-refractivity contribution in [2.75, 3.05) is 24.7 Å². The Labute approximate surface area is 202 Å². The second-order valence-corrected chi connectivity index (χ2v) is 9.18. The zero-order valence-corrected chi connectivity index (χ0v) is 20.2. The molecule has 3 rings (SSSR count). The Bertz CT molecular complexity index is 1150. The quantitative estimate of drug-likeness (QED) is 0.419. The van der Waals surface area contributed by atoms with Gasteiger partial charge in [-0.1, -0.05) is 24.3 Å². The van der Waals surface area contributed by atoms with E-state index in [1.165, 1.54) is 18.3 Å². The lowest BCUT2D eigenvalue weighted by Gasteiger charge is -2.10. The largest absolute Gasteiger partial charge is 0.465 e. The molecule has 8 nitrogen and oxygen atoms in total. The molecule has 0 saturated carbocycles. The third kappa shape index (κ3) is 7.14. The summed E-state index contributed by atoms with van der Waals surface area (Å²) in [6, 6.07) is 14.9. The molecule has 0 aliphatic rings. The van der Waals surface area contributed by atoms with Gasteiger partial charge in [-0.05, 0) is 61.1 Å². The number of carbonyl (C=O) groups excluding carboxylic acids is 2. The highest BCUT2D eigenvalue weighted by Gasteiger charge is 2.13. The number of nitrogens with zero attached hydrogens (tertiary/aromatic N) is 2. The van der Waals surface area contributed by atoms with Crippen molar-refractivity contribution in [3.8, 4) is 0 Å². The Morgan fingerprint density at radius 3 is 2.03 bits per heavy atom. The molecule has 178 valence electrons. The number of aryl methyl sites for hydroxylation is 4. The molecule has 34 heavy (non-hydrogen) atoms. The maximum Gasteiger partial charge on any atom is 0.409 e. The van der Waals surface area contributed by atoms with Crippen LogP contribution >= 0.6 is 11.3 Å². The van der Waals surface area contributed by atoms with Crippen LogP contribution in [0.25, 0.3) is 0 Å². The fourth-order valence-electron chi connectivity index (χ4n) is 3.45. The summed E-state index contributed by atoms with van der Waals surface area (Å²) in [7, 11) is 3.46. The van der Waals surface area contributed by atoms with Crippen LogP contribution in [0, 0.1) is 0 Å². The number of hydrogen-bond acceptors (Lipinski definition) is 5. The molecule has 0 atom stereocenters. The SMILES string of the molecule is CC(=O)Nc1nc(CCc2ccc(NC(=O)O)cc2)c(CCc2ccc(C(=O)N(C)C)cc2)s1. The molecule has 0 unspecified atom stereocenters. The number of rotatable bonds is 9. The van der Waals surface area contributed by atoms with Crippen LogP contribution in [0.15, 0.2) is 48.5 Å². The third-order valence-corrected chi connectivity index (χ3v) is 6.24. The van der Waals surface area contributed by atoms with Crippen LogP contribution in [0.2, 0.25) is 0 Å². The number of benzene rings is 2. The summed E-state index contributed by atoms with van der Waals surface area (Å²) in [5.41, 5.74) is 4.32. The number of carboxylic acid groups (broad SMARTS) is 1. The molecule has 0 fully saturated rings. The fraction of sp³-hybridized carbons (Fsp3) is 0.280. The molecule has 3 N–H and O–H groups in total. The van der Waals surface area contributed by atoms with Gasteiger partial charge in [0, 0.05) is 37.1 Å². The van der Waals surface area contributed by atoms with Crippen molar-refractivity contribution in [2.45, 2.75) is 32.6 Å². The van der Waals surface area contributed by atoms with Crippen molar-refractivity contribution in [3.63, 3.8) is 0 Å². The topological polar surface area (TPSA) is 112 Å². The Kier molecular flexibility index (Phi) is 8.37. The minimum absolute atomic E-state index is 0.0250. The Balaban J connectivity index is 1.68. The van der Waals surface area contributed by atoms with E-state index >= 15 is 0 Å². The lowest BCUT2D eigenvalue weighted by atomic mass is 10.0. The van der Waals surface area contributed by atoms with Crippen LogP contribution in [-0.2, 0) is 30.5 Å². The van der Waals surface area contributed by atoms with Gasteiger partial charge in [-0.15, -0.1) is 11.3 Å². The van der Waals surface area contributed by atoms with Gasteiger partial charge in [-0.3, -0.25) is 14.9 Å². The summed E-state index contributed by atoms with van der Waals surface area (Å²) in [6.07, 6.45) is 1.91. The summed E-state index contributed by atoms with van der Waals surface area (Å²) in [5, 5.41) is 14.5. The number of nitrogens with one attached hydrogen (secondary N) is 2. The summed E-state index contributed by atoms with van der Waals surface area (Å²) < 4.78 is 0. The van der Waals surface area contributed by atoms with Crippen LogP contribution in [0.4, 0.5) is 15.6 Å². The number of anilines is 2. The van der Waals surface area contributed by atoms with Gasteiger partial charge in [0.1, 0.15) is 0 Å². The smallest absolute Gasteiger partial charge is 0.409 e. The van der Waals surface area contributed by atoms with Crippen molar-refractivity contribution in [2.24, 2.45) is 0 Å². The van der Waals surface area contributed by atoms with E-state index < -0.39 is 6.09 Å². The monoisotopic (exact) mass is 480 g/mol. The van der Waals surface area contributed by atoms with E-state index in [-0.39, 0.29) is 11.8 Å². The Hall–Kier alpha value is -3.72. The zero-order valence-electron chi connectivity index (χ0n) is 19.4. The third-order valence-electron chi connectivity index (χ3n) is 5.16. The molecular weight excluding hydrogens is 452 g/mol. The second kappa shape index (κ2) is 11.4. The lowest BCUT2D eigenvalue weighted by molar-refractivity contribution is -0.114. The first-order chi connectivity index (χ1) is 16.2. The lowest BCUT2D eigenvalue weighted by Crippen LogP contribution is -2.21. The molecule has 2 aromatic carbocycles. The molecule has 1 heterocycles. The minimum Gasteiger partial charge on any atom is -0.465 e. The van der Waals surface area contributed by atoms with Gasteiger partial charge in [0.2, 0.25) is 5.91 Å². The van der Waals surface area contributed by atoms with E-state index in [1.54, 1.807) is 31.1 Å². The van der Waals surface area contributed by atoms with E-state index in [0.29, 0.717) is 22.8 Å². The van der Waals surface area contributed by atoms with Crippen molar-refractivity contribution in [3.05, 3.63) is 75.8 Å². The number of amides is 3. The van der Waals surface area contributed by atoms with Crippen LogP contribution < -0.4 is 10.6 Å². The summed E-state index contributed by atoms with van der Waals surface area (Å²) in [5.74, 6) is -0.183. The van der Waals surface area contributed by atoms with Crippen LogP contribution in [0.1, 0.15) is 39.0 Å². The number of thiazole rings is 1. The van der Waals surface area contributed by atoms with Gasteiger partial charge in [0.05, 0.1) is 5.69 Å². The molecule has 1 aromatic heterocycles. The molecule has 0 bridgehead atoms. The van der Waals surface area contributed by atoms with Gasteiger partial charge >= 0.3 is 6.09 Å². The second-order valence-electron chi connectivity index (χ2n) is 8.09. The molecule has 0 saturated heterocycles. The summed E-state index contributed by atoms with van der Waals surface area (Å²) in [4.78, 5) is 41.6. The summed E-state index contributed by atoms with van der Waals surface area (Å²) >= 11 is 1.48. The van der Waals surface area contributed by atoms with Crippen molar-refractivity contribution < 1.29 is 19.5 Å². The number of carbonyl (C=O) groups is 3. The first kappa shape index (κ1) is 24.9. The Morgan fingerprint density at radius 2 is 1.47 bits per heavy atom. The molecular formula is C25H28N4O4S. The minimum atomic E-state index is -1.09. The van der Waals surface area contributed by atoms with Gasteiger partial charge in [0.25, 0.3) is 5.91 Å². The van der Waals surface area contributed by atoms with E-state index in [1.807, 2.05) is 36.4 Å². The van der Waals surface area contributed by atoms with E-state index in [9.17, 15) is 14.4 Å². The Morgan fingerprint density at radius 1 is 0.882 bits per heavy atom. The first-order valence-electron chi connectivity index (χ1n) is 10.9. The van der Waals surface area contributed by atoms with E-state index in [2.05, 4.69) is 15.6 Å². The van der Waals surface area contributed by atoms with Crippen LogP contribution in [-0.4, -0.2) is 47.0 Å². The highest BCUT2D eigenvalue weighted by atomic mass is 32.1. The van der Waals surface area contributed by atoms with Crippen LogP contribution in [0.3, 0.4) is 0 Å². The standard InChI is InChI=1S/C25H28N4O4S/c1-16(30)26-24-28-21(14-8-18-6-12-20(13-7-18)27-25(32)33)22(34-24)15-9-17-4-10-19(11-5-17)23(31)29(2)3/h4-7,10-13,27H,8-9,14-15H2,1-3H3,(H,32,33)(H,26,28,30). The van der Waals surface area contributed by atoms with Gasteiger partial charge in [0.15, 0.2) is 5.13 Å². The van der Waals surface area contributed by atoms with E-state index in [0.717, 1.165) is 41.0 Å². The molecule has 3 amide bonds. The van der Waals surface area contributed by atoms with Crippen molar-refractivity contribution in [1.82, 2.24) is 9.88 Å². The molecule has 0 spiro atoms. The number of hydrogen-bond donors (Lipinski definition) is 3. The van der Waals surface area contributed by atoms with Gasteiger partial charge in [-0.25, -0.2) is 9.78 Å². The highest BCUT2D eigenvalue weighted by molar-refractivity contribution is 7.15. The van der Waals surface area contributed by atoms with E-state index in [4.69, 9.17) is 5.11 Å². The predicted molar refractivity (Wildman–Crippen MR) is 134 cm³/mol. The molecule has 0 aliphatic carbocycles. The average Bonchev–Trinajstić information content (AvgIpc) is 3.17. The molecule has 3 aromatic rings. The van der Waals surface area contributed by atoms with Crippen molar-refractivity contribution in [1.29, 1.82) is 0 Å². The maximum atomic E-state index is 12.1. The summed E-state index contributed by atoms with van der Waals surface area (Å²) in [6.45, 7) is 1.46. The zero-order chi connectivity index (χ0) is 24.7. The molecule has 9 heteroatoms. The molecule has 0 aliphatic heterocycles. The maximum absolute atomic E-state index is 12.1. The van der Waals surface area contributed by atoms with Gasteiger partial charge in [-0.2, -0.15) is 0 Å². The van der Waals surface area contributed by atoms with Crippen LogP contribution in [0.5, 0.6) is 0 Å². The van der Waals surface area contributed by atoms with Gasteiger partial charge < -0.3 is 15.3 Å².